The second-order valence-corrected chi connectivity index (χ2v) is 6.55. The fourth-order valence-corrected chi connectivity index (χ4v) is 3.47. The fourth-order valence-electron chi connectivity index (χ4n) is 3.47. The normalized spacial score (nSPS) is 15.3. The first-order chi connectivity index (χ1) is 12.7. The Labute approximate surface area is 176 Å². The molecule has 1 amide bonds. The van der Waals surface area contributed by atoms with Crippen molar-refractivity contribution >= 4 is 47.4 Å². The van der Waals surface area contributed by atoms with E-state index in [4.69, 9.17) is 4.74 Å². The van der Waals surface area contributed by atoms with Crippen LogP contribution in [0.4, 0.5) is 5.69 Å². The highest BCUT2D eigenvalue weighted by Gasteiger charge is 2.39. The topological polar surface area (TPSA) is 68.2 Å². The van der Waals surface area contributed by atoms with Crippen LogP contribution in [0.2, 0.25) is 0 Å². The first kappa shape index (κ1) is 22.2. The molecular weight excluding hydrogens is 399 g/mol. The minimum Gasteiger partial charge on any atom is -0.368 e. The highest BCUT2D eigenvalue weighted by Crippen LogP contribution is 2.25. The van der Waals surface area contributed by atoms with Crippen LogP contribution in [-0.4, -0.2) is 41.3 Å². The maximum absolute atomic E-state index is 12.7. The molecule has 2 N–H and O–H groups in total. The molecule has 28 heavy (non-hydrogen) atoms. The van der Waals surface area contributed by atoms with Crippen LogP contribution >= 0.6 is 24.8 Å². The van der Waals surface area contributed by atoms with Crippen LogP contribution in [0, 0.1) is 0 Å². The molecule has 0 saturated carbocycles. The van der Waals surface area contributed by atoms with E-state index in [9.17, 15) is 4.79 Å². The molecule has 0 bridgehead atoms. The lowest BCUT2D eigenvalue weighted by molar-refractivity contribution is -0.140. The molecule has 0 spiro atoms. The van der Waals surface area contributed by atoms with Crippen LogP contribution in [0.3, 0.4) is 0 Å². The van der Waals surface area contributed by atoms with Gasteiger partial charge in [-0.3, -0.25) is 9.36 Å². The third-order valence-electron chi connectivity index (χ3n) is 5.07. The number of aromatic nitrogens is 2. The Morgan fingerprint density at radius 2 is 1.79 bits per heavy atom. The first-order valence-electron chi connectivity index (χ1n) is 8.82. The number of halogens is 2. The van der Waals surface area contributed by atoms with Gasteiger partial charge in [0.15, 0.2) is 0 Å². The van der Waals surface area contributed by atoms with Gasteiger partial charge in [-0.15, -0.1) is 24.8 Å². The summed E-state index contributed by atoms with van der Waals surface area (Å²) in [5, 5.41) is 6.26. The SMILES string of the molecule is COC1(C(=O)Nc2ccc(-n3cnc4ccccc43)cc2)CCNCC1.Cl.Cl. The van der Waals surface area contributed by atoms with Crippen LogP contribution in [-0.2, 0) is 9.53 Å². The van der Waals surface area contributed by atoms with Crippen LogP contribution in [0.15, 0.2) is 54.9 Å². The Bertz CT molecular complexity index is 921. The summed E-state index contributed by atoms with van der Waals surface area (Å²) in [6.07, 6.45) is 3.16. The summed E-state index contributed by atoms with van der Waals surface area (Å²) in [4.78, 5) is 17.1. The van der Waals surface area contributed by atoms with E-state index in [1.54, 1.807) is 7.11 Å². The smallest absolute Gasteiger partial charge is 0.256 e. The molecule has 8 heteroatoms. The number of carbonyl (C=O) groups is 1. The molecule has 1 fully saturated rings. The summed E-state index contributed by atoms with van der Waals surface area (Å²) in [7, 11) is 1.61. The third-order valence-corrected chi connectivity index (χ3v) is 5.07. The van der Waals surface area contributed by atoms with Gasteiger partial charge in [0.1, 0.15) is 11.9 Å². The van der Waals surface area contributed by atoms with Gasteiger partial charge >= 0.3 is 0 Å². The molecule has 1 aliphatic heterocycles. The van der Waals surface area contributed by atoms with Gasteiger partial charge in [0.25, 0.3) is 5.91 Å². The molecule has 6 nitrogen and oxygen atoms in total. The van der Waals surface area contributed by atoms with E-state index in [2.05, 4.69) is 15.6 Å². The average molecular weight is 423 g/mol. The maximum Gasteiger partial charge on any atom is 0.256 e. The van der Waals surface area contributed by atoms with Crippen molar-refractivity contribution in [3.63, 3.8) is 0 Å². The van der Waals surface area contributed by atoms with Gasteiger partial charge in [0, 0.05) is 18.5 Å². The van der Waals surface area contributed by atoms with E-state index in [1.165, 1.54) is 0 Å². The predicted molar refractivity (Wildman–Crippen MR) is 116 cm³/mol. The summed E-state index contributed by atoms with van der Waals surface area (Å²) < 4.78 is 7.61. The number of amides is 1. The lowest BCUT2D eigenvalue weighted by atomic mass is 9.91. The molecule has 2 aromatic carbocycles. The molecule has 150 valence electrons. The Hall–Kier alpha value is -2.12. The summed E-state index contributed by atoms with van der Waals surface area (Å²) in [6.45, 7) is 1.57. The van der Waals surface area contributed by atoms with Crippen molar-refractivity contribution < 1.29 is 9.53 Å². The van der Waals surface area contributed by atoms with E-state index in [1.807, 2.05) is 59.4 Å². The van der Waals surface area contributed by atoms with Crippen LogP contribution < -0.4 is 10.6 Å². The molecule has 0 unspecified atom stereocenters. The van der Waals surface area contributed by atoms with Crippen molar-refractivity contribution in [3.05, 3.63) is 54.9 Å². The van der Waals surface area contributed by atoms with Gasteiger partial charge < -0.3 is 15.4 Å². The third kappa shape index (κ3) is 4.15. The molecule has 0 radical (unpaired) electrons. The number of ether oxygens (including phenoxy) is 1. The van der Waals surface area contributed by atoms with Crippen molar-refractivity contribution in [1.29, 1.82) is 0 Å². The molecule has 0 atom stereocenters. The number of hydrogen-bond donors (Lipinski definition) is 2. The van der Waals surface area contributed by atoms with Gasteiger partial charge in [0.05, 0.1) is 11.0 Å². The van der Waals surface area contributed by atoms with Crippen molar-refractivity contribution in [2.24, 2.45) is 0 Å². The van der Waals surface area contributed by atoms with Crippen molar-refractivity contribution in [2.45, 2.75) is 18.4 Å². The van der Waals surface area contributed by atoms with Gasteiger partial charge in [-0.1, -0.05) is 12.1 Å². The van der Waals surface area contributed by atoms with E-state index in [0.717, 1.165) is 35.5 Å². The summed E-state index contributed by atoms with van der Waals surface area (Å²) in [5.41, 5.74) is 3.03. The van der Waals surface area contributed by atoms with Crippen LogP contribution in [0.25, 0.3) is 16.7 Å². The Morgan fingerprint density at radius 3 is 2.46 bits per heavy atom. The number of nitrogens with one attached hydrogen (secondary N) is 2. The monoisotopic (exact) mass is 422 g/mol. The number of benzene rings is 2. The van der Waals surface area contributed by atoms with Gasteiger partial charge in [-0.05, 0) is 62.3 Å². The fraction of sp³-hybridized carbons (Fsp3) is 0.300. The molecule has 2 heterocycles. The van der Waals surface area contributed by atoms with Gasteiger partial charge in [-0.2, -0.15) is 0 Å². The first-order valence-corrected chi connectivity index (χ1v) is 8.82. The number of nitrogens with zero attached hydrogens (tertiary/aromatic N) is 2. The van der Waals surface area contributed by atoms with Crippen molar-refractivity contribution in [2.75, 3.05) is 25.5 Å². The highest BCUT2D eigenvalue weighted by atomic mass is 35.5. The largest absolute Gasteiger partial charge is 0.368 e. The number of rotatable bonds is 4. The number of para-hydroxylation sites is 2. The lowest BCUT2D eigenvalue weighted by Crippen LogP contribution is -2.51. The summed E-state index contributed by atoms with van der Waals surface area (Å²) in [5.74, 6) is -0.0812. The second-order valence-electron chi connectivity index (χ2n) is 6.55. The van der Waals surface area contributed by atoms with Crippen LogP contribution in [0.1, 0.15) is 12.8 Å². The highest BCUT2D eigenvalue weighted by molar-refractivity contribution is 5.97. The van der Waals surface area contributed by atoms with E-state index in [-0.39, 0.29) is 30.7 Å². The molecular formula is C20H24Cl2N4O2. The zero-order valence-corrected chi connectivity index (χ0v) is 17.2. The predicted octanol–water partition coefficient (Wildman–Crippen LogP) is 3.58. The Kier molecular flexibility index (Phi) is 7.43. The van der Waals surface area contributed by atoms with Gasteiger partial charge in [0.2, 0.25) is 0 Å². The average Bonchev–Trinajstić information content (AvgIpc) is 3.13. The number of anilines is 1. The maximum atomic E-state index is 12.7. The lowest BCUT2D eigenvalue weighted by Gasteiger charge is -2.34. The summed E-state index contributed by atoms with van der Waals surface area (Å²) >= 11 is 0. The molecule has 1 aliphatic rings. The number of fused-ring (bicyclic) bond motifs is 1. The standard InChI is InChI=1S/C20H22N4O2.2ClH/c1-26-20(10-12-21-13-11-20)19(25)23-15-6-8-16(9-7-15)24-14-22-17-4-2-3-5-18(17)24;;/h2-9,14,21H,10-13H2,1H3,(H,23,25);2*1H. The van der Waals surface area contributed by atoms with E-state index < -0.39 is 5.60 Å². The molecule has 1 saturated heterocycles. The molecule has 4 rings (SSSR count). The molecule has 1 aromatic heterocycles. The quantitative estimate of drug-likeness (QED) is 0.673. The van der Waals surface area contributed by atoms with Crippen molar-refractivity contribution in [3.8, 4) is 5.69 Å². The van der Waals surface area contributed by atoms with E-state index >= 15 is 0 Å². The minimum atomic E-state index is -0.746. The molecule has 0 aliphatic carbocycles. The number of carbonyl (C=O) groups excluding carboxylic acids is 1. The number of methoxy groups -OCH3 is 1. The Balaban J connectivity index is 0.00000140. The Morgan fingerprint density at radius 1 is 1.11 bits per heavy atom. The van der Waals surface area contributed by atoms with E-state index in [0.29, 0.717) is 12.8 Å². The second kappa shape index (κ2) is 9.39. The summed E-state index contributed by atoms with van der Waals surface area (Å²) in [6, 6.07) is 15.8. The number of imidazole rings is 1. The molecule has 3 aromatic rings. The zero-order valence-electron chi connectivity index (χ0n) is 15.6. The van der Waals surface area contributed by atoms with Gasteiger partial charge in [-0.25, -0.2) is 4.98 Å². The number of piperidine rings is 1. The van der Waals surface area contributed by atoms with Crippen LogP contribution in [0.5, 0.6) is 0 Å². The minimum absolute atomic E-state index is 0. The van der Waals surface area contributed by atoms with Crippen molar-refractivity contribution in [1.82, 2.24) is 14.9 Å². The zero-order chi connectivity index (χ0) is 18.0. The number of hydrogen-bond acceptors (Lipinski definition) is 4.